The Bertz CT molecular complexity index is 123. The van der Waals surface area contributed by atoms with Gasteiger partial charge in [0.2, 0.25) is 0 Å². The molecule has 1 heterocycles. The van der Waals surface area contributed by atoms with E-state index in [2.05, 4.69) is 22.6 Å². The van der Waals surface area contributed by atoms with Crippen LogP contribution in [0.1, 0.15) is 0 Å². The van der Waals surface area contributed by atoms with Crippen LogP contribution in [0.3, 0.4) is 0 Å². The molecule has 0 aliphatic heterocycles. The van der Waals surface area contributed by atoms with E-state index in [9.17, 15) is 0 Å². The maximum absolute atomic E-state index is 2.23. The summed E-state index contributed by atoms with van der Waals surface area (Å²) in [4.78, 5) is 0. The Morgan fingerprint density at radius 1 is 1.71 bits per heavy atom. The van der Waals surface area contributed by atoms with E-state index in [1.807, 2.05) is 0 Å². The third-order valence-corrected chi connectivity index (χ3v) is 3.27. The molecule has 0 saturated carbocycles. The molecule has 7 heavy (non-hydrogen) atoms. The number of thiophene rings is 1. The molecule has 0 spiro atoms. The first kappa shape index (κ1) is 5.36. The van der Waals surface area contributed by atoms with Crippen LogP contribution in [-0.4, -0.2) is 15.0 Å². The van der Waals surface area contributed by atoms with Crippen molar-refractivity contribution in [1.29, 1.82) is 0 Å². The van der Waals surface area contributed by atoms with Gasteiger partial charge in [0.05, 0.1) is 0 Å². The van der Waals surface area contributed by atoms with Crippen molar-refractivity contribution in [3.8, 4) is 0 Å². The standard InChI is InChI=1S/C5H6SSe/c1-7-5-2-3-6-4-5/h2-4H,1H3. The normalized spacial score (nSPS) is 9.29. The fourth-order valence-corrected chi connectivity index (χ4v) is 2.56. The third kappa shape index (κ3) is 1.30. The molecule has 1 aromatic rings. The molecule has 0 unspecified atom stereocenters. The summed E-state index contributed by atoms with van der Waals surface area (Å²) in [5.41, 5.74) is 0. The third-order valence-electron chi connectivity index (χ3n) is 0.731. The molecular weight excluding hydrogens is 171 g/mol. The van der Waals surface area contributed by atoms with Gasteiger partial charge >= 0.3 is 53.4 Å². The molecule has 0 radical (unpaired) electrons. The second-order valence-corrected chi connectivity index (χ2v) is 3.79. The molecule has 0 aromatic carbocycles. The number of hydrogen-bond acceptors (Lipinski definition) is 1. The summed E-state index contributed by atoms with van der Waals surface area (Å²) < 4.78 is 1.51. The van der Waals surface area contributed by atoms with Crippen LogP contribution in [-0.2, 0) is 0 Å². The van der Waals surface area contributed by atoms with Gasteiger partial charge in [0, 0.05) is 0 Å². The summed E-state index contributed by atoms with van der Waals surface area (Å²) >= 11 is 2.49. The first-order valence-electron chi connectivity index (χ1n) is 1.99. The molecule has 0 aliphatic carbocycles. The van der Waals surface area contributed by atoms with Crippen molar-refractivity contribution in [2.75, 3.05) is 0 Å². The van der Waals surface area contributed by atoms with Crippen LogP contribution in [0.2, 0.25) is 5.82 Å². The van der Waals surface area contributed by atoms with E-state index in [0.717, 1.165) is 0 Å². The molecule has 38 valence electrons. The average molecular weight is 177 g/mol. The fourth-order valence-electron chi connectivity index (χ4n) is 0.368. The molecular formula is C5H6SSe. The van der Waals surface area contributed by atoms with Gasteiger partial charge in [-0.1, -0.05) is 0 Å². The van der Waals surface area contributed by atoms with Crippen molar-refractivity contribution < 1.29 is 0 Å². The van der Waals surface area contributed by atoms with E-state index in [1.54, 1.807) is 11.3 Å². The minimum absolute atomic E-state index is 0.708. The van der Waals surface area contributed by atoms with Crippen LogP contribution >= 0.6 is 11.3 Å². The summed E-state index contributed by atoms with van der Waals surface area (Å²) in [7, 11) is 0. The molecule has 0 amide bonds. The SMILES string of the molecule is C[Se]c1ccsc1. The maximum atomic E-state index is 2.23. The molecule has 0 fully saturated rings. The quantitative estimate of drug-likeness (QED) is 0.564. The van der Waals surface area contributed by atoms with E-state index in [1.165, 1.54) is 4.46 Å². The van der Waals surface area contributed by atoms with Gasteiger partial charge in [0.15, 0.2) is 0 Å². The van der Waals surface area contributed by atoms with Gasteiger partial charge < -0.3 is 0 Å². The van der Waals surface area contributed by atoms with Crippen LogP contribution in [0.15, 0.2) is 16.8 Å². The van der Waals surface area contributed by atoms with Gasteiger partial charge in [-0.2, -0.15) is 0 Å². The van der Waals surface area contributed by atoms with Gasteiger partial charge in [0.25, 0.3) is 0 Å². The van der Waals surface area contributed by atoms with E-state index in [-0.39, 0.29) is 0 Å². The number of hydrogen-bond donors (Lipinski definition) is 0. The summed E-state index contributed by atoms with van der Waals surface area (Å²) in [6.07, 6.45) is 0. The fraction of sp³-hybridized carbons (Fsp3) is 0.200. The summed E-state index contributed by atoms with van der Waals surface area (Å²) in [5, 5.41) is 4.33. The molecule has 0 N–H and O–H groups in total. The predicted octanol–water partition coefficient (Wildman–Crippen LogP) is 1.13. The van der Waals surface area contributed by atoms with Crippen molar-refractivity contribution in [2.45, 2.75) is 5.82 Å². The van der Waals surface area contributed by atoms with Gasteiger partial charge in [-0.15, -0.1) is 0 Å². The van der Waals surface area contributed by atoms with Crippen LogP contribution in [0.5, 0.6) is 0 Å². The topological polar surface area (TPSA) is 0 Å². The molecule has 0 bridgehead atoms. The zero-order chi connectivity index (χ0) is 5.11. The van der Waals surface area contributed by atoms with Crippen molar-refractivity contribution in [1.82, 2.24) is 0 Å². The summed E-state index contributed by atoms with van der Waals surface area (Å²) in [6, 6.07) is 2.19. The predicted molar refractivity (Wildman–Crippen MR) is 35.6 cm³/mol. The summed E-state index contributed by atoms with van der Waals surface area (Å²) in [6.45, 7) is 0. The molecule has 2 heteroatoms. The van der Waals surface area contributed by atoms with Gasteiger partial charge in [-0.25, -0.2) is 0 Å². The summed E-state index contributed by atoms with van der Waals surface area (Å²) in [5.74, 6) is 2.23. The molecule has 0 atom stereocenters. The molecule has 1 aromatic heterocycles. The van der Waals surface area contributed by atoms with Crippen LogP contribution in [0, 0.1) is 0 Å². The Kier molecular flexibility index (Phi) is 1.92. The Labute approximate surface area is 53.7 Å². The van der Waals surface area contributed by atoms with Crippen LogP contribution in [0.25, 0.3) is 0 Å². The molecule has 0 aliphatic rings. The van der Waals surface area contributed by atoms with E-state index in [0.29, 0.717) is 15.0 Å². The van der Waals surface area contributed by atoms with E-state index >= 15 is 0 Å². The molecule has 0 saturated heterocycles. The molecule has 0 nitrogen and oxygen atoms in total. The van der Waals surface area contributed by atoms with Crippen LogP contribution in [0.4, 0.5) is 0 Å². The monoisotopic (exact) mass is 178 g/mol. The van der Waals surface area contributed by atoms with E-state index in [4.69, 9.17) is 0 Å². The Morgan fingerprint density at radius 3 is 2.86 bits per heavy atom. The second-order valence-electron chi connectivity index (χ2n) is 1.16. The zero-order valence-electron chi connectivity index (χ0n) is 4.05. The minimum atomic E-state index is 0.708. The molecule has 1 rings (SSSR count). The first-order valence-corrected chi connectivity index (χ1v) is 5.51. The van der Waals surface area contributed by atoms with Crippen molar-refractivity contribution in [3.63, 3.8) is 0 Å². The second kappa shape index (κ2) is 2.51. The Hall–Kier alpha value is 0.219. The Balaban J connectivity index is 2.76. The van der Waals surface area contributed by atoms with Gasteiger partial charge in [-0.3, -0.25) is 0 Å². The Morgan fingerprint density at radius 2 is 2.57 bits per heavy atom. The van der Waals surface area contributed by atoms with Crippen molar-refractivity contribution >= 4 is 30.8 Å². The van der Waals surface area contributed by atoms with Crippen molar-refractivity contribution in [3.05, 3.63) is 16.8 Å². The van der Waals surface area contributed by atoms with Gasteiger partial charge in [0.1, 0.15) is 0 Å². The zero-order valence-corrected chi connectivity index (χ0v) is 6.58. The first-order chi connectivity index (χ1) is 3.43. The van der Waals surface area contributed by atoms with Crippen molar-refractivity contribution in [2.24, 2.45) is 0 Å². The number of rotatable bonds is 1. The average Bonchev–Trinajstić information content (AvgIpc) is 2.14. The van der Waals surface area contributed by atoms with E-state index < -0.39 is 0 Å². The van der Waals surface area contributed by atoms with Gasteiger partial charge in [-0.05, 0) is 0 Å². The van der Waals surface area contributed by atoms with Crippen LogP contribution < -0.4 is 4.46 Å².